The molecule has 4 heteroatoms. The van der Waals surface area contributed by atoms with Crippen LogP contribution in [-0.4, -0.2) is 31.9 Å². The molecule has 0 fully saturated rings. The second-order valence-corrected chi connectivity index (χ2v) is 13.3. The minimum absolute atomic E-state index is 0.603. The Kier molecular flexibility index (Phi) is 22.4. The smallest absolute Gasteiger partial charge is 0.0912 e. The summed E-state index contributed by atoms with van der Waals surface area (Å²) >= 11 is 0. The number of benzene rings is 1. The van der Waals surface area contributed by atoms with Gasteiger partial charge in [0.25, 0.3) is 0 Å². The Hall–Kier alpha value is -0.710. The molecule has 4 atom stereocenters. The lowest BCUT2D eigenvalue weighted by Gasteiger charge is -2.27. The maximum atomic E-state index is 13.3. The summed E-state index contributed by atoms with van der Waals surface area (Å²) in [5.41, 5.74) is 1.12. The summed E-state index contributed by atoms with van der Waals surface area (Å²) in [5.74, 6) is 0. The van der Waals surface area contributed by atoms with Crippen LogP contribution in [0.3, 0.4) is 0 Å². The van der Waals surface area contributed by atoms with E-state index in [0.29, 0.717) is 17.7 Å². The van der Waals surface area contributed by atoms with Crippen molar-refractivity contribution in [3.63, 3.8) is 0 Å². The molecule has 0 heterocycles. The second-order valence-electron chi connectivity index (χ2n) is 11.7. The number of rotatable bonds is 26. The van der Waals surface area contributed by atoms with Gasteiger partial charge in [0.1, 0.15) is 0 Å². The number of aryl methyl sites for hydroxylation is 1. The van der Waals surface area contributed by atoms with E-state index >= 15 is 0 Å². The third-order valence-corrected chi connectivity index (χ3v) is 9.83. The Morgan fingerprint density at radius 1 is 0.553 bits per heavy atom. The maximum Gasteiger partial charge on any atom is 0.0912 e. The molecule has 222 valence electrons. The Morgan fingerprint density at radius 3 is 1.26 bits per heavy atom. The van der Waals surface area contributed by atoms with Crippen LogP contribution < -0.4 is 0 Å². The summed E-state index contributed by atoms with van der Waals surface area (Å²) in [4.78, 5) is 0.705. The van der Waals surface area contributed by atoms with E-state index in [-0.39, 0.29) is 0 Å². The van der Waals surface area contributed by atoms with Crippen LogP contribution in [0, 0.1) is 6.92 Å². The summed E-state index contributed by atoms with van der Waals surface area (Å²) in [7, 11) is -1.41. The first-order valence-corrected chi connectivity index (χ1v) is 17.6. The first-order chi connectivity index (χ1) is 18.5. The number of unbranched alkanes of at least 4 members (excludes halogenated alkanes) is 18. The Morgan fingerprint density at radius 2 is 0.868 bits per heavy atom. The molecule has 0 aliphatic rings. The molecule has 3 nitrogen and oxygen atoms in total. The van der Waals surface area contributed by atoms with E-state index in [1.54, 1.807) is 0 Å². The van der Waals surface area contributed by atoms with E-state index in [0.717, 1.165) is 37.7 Å². The molecule has 0 aliphatic carbocycles. The average molecular weight is 551 g/mol. The van der Waals surface area contributed by atoms with Gasteiger partial charge in [-0.05, 0) is 31.9 Å². The van der Waals surface area contributed by atoms with Gasteiger partial charge in [0.2, 0.25) is 0 Å². The van der Waals surface area contributed by atoms with Crippen molar-refractivity contribution in [1.82, 2.24) is 0 Å². The van der Waals surface area contributed by atoms with E-state index in [1.165, 1.54) is 96.3 Å². The average Bonchev–Trinajstić information content (AvgIpc) is 2.91. The van der Waals surface area contributed by atoms with Crippen molar-refractivity contribution in [2.75, 3.05) is 0 Å². The molecule has 0 saturated carbocycles. The van der Waals surface area contributed by atoms with Crippen LogP contribution in [0.4, 0.5) is 0 Å². The molecule has 1 aromatic carbocycles. The van der Waals surface area contributed by atoms with Crippen LogP contribution >= 0.6 is 0 Å². The highest BCUT2D eigenvalue weighted by Gasteiger charge is 2.32. The highest BCUT2D eigenvalue weighted by Crippen LogP contribution is 2.24. The van der Waals surface area contributed by atoms with Gasteiger partial charge in [0.15, 0.2) is 0 Å². The second kappa shape index (κ2) is 24.1. The standard InChI is InChI=1S/C34H62O3S/c1-4-6-8-9-10-11-12-13-14-15-16-17-18-19-20-21-23-25-33(36)34(32(35)24-22-7-5-2)38(37)31-28-26-30(3)27-29-31/h26-29,32-36H,4-25H2,1-3H3/t32?,33?,34?,38-/m1/s1. The zero-order chi connectivity index (χ0) is 27.8. The third-order valence-electron chi connectivity index (χ3n) is 7.97. The SMILES string of the molecule is CCCCCCCCCCCCCCCCCCCC(O)C(C(O)CCCCC)[S@](=O)c1ccc(C)cc1. The van der Waals surface area contributed by atoms with E-state index < -0.39 is 28.3 Å². The molecule has 38 heavy (non-hydrogen) atoms. The van der Waals surface area contributed by atoms with Crippen molar-refractivity contribution in [1.29, 1.82) is 0 Å². The van der Waals surface area contributed by atoms with Gasteiger partial charge < -0.3 is 10.2 Å². The molecule has 2 N–H and O–H groups in total. The van der Waals surface area contributed by atoms with Gasteiger partial charge in [-0.1, -0.05) is 160 Å². The Bertz CT molecular complexity index is 675. The monoisotopic (exact) mass is 550 g/mol. The quantitative estimate of drug-likeness (QED) is 0.113. The first-order valence-electron chi connectivity index (χ1n) is 16.3. The van der Waals surface area contributed by atoms with Gasteiger partial charge in [-0.25, -0.2) is 0 Å². The summed E-state index contributed by atoms with van der Waals surface area (Å²) < 4.78 is 13.3. The predicted molar refractivity (Wildman–Crippen MR) is 166 cm³/mol. The largest absolute Gasteiger partial charge is 0.392 e. The van der Waals surface area contributed by atoms with E-state index in [4.69, 9.17) is 0 Å². The number of aliphatic hydroxyl groups excluding tert-OH is 2. The predicted octanol–water partition coefficient (Wildman–Crippen LogP) is 9.82. The van der Waals surface area contributed by atoms with Gasteiger partial charge in [0.05, 0.1) is 28.3 Å². The van der Waals surface area contributed by atoms with Gasteiger partial charge >= 0.3 is 0 Å². The summed E-state index contributed by atoms with van der Waals surface area (Å²) in [6, 6.07) is 7.66. The van der Waals surface area contributed by atoms with Crippen LogP contribution in [0.5, 0.6) is 0 Å². The molecule has 0 saturated heterocycles. The van der Waals surface area contributed by atoms with Crippen molar-refractivity contribution in [2.45, 2.75) is 184 Å². The van der Waals surface area contributed by atoms with E-state index in [9.17, 15) is 14.4 Å². The highest BCUT2D eigenvalue weighted by molar-refractivity contribution is 7.85. The fourth-order valence-electron chi connectivity index (χ4n) is 5.38. The molecule has 0 radical (unpaired) electrons. The number of hydrogen-bond acceptors (Lipinski definition) is 3. The lowest BCUT2D eigenvalue weighted by molar-refractivity contribution is 0.0743. The van der Waals surface area contributed by atoms with Gasteiger partial charge in [-0.2, -0.15) is 0 Å². The van der Waals surface area contributed by atoms with Crippen LogP contribution in [0.15, 0.2) is 29.2 Å². The maximum absolute atomic E-state index is 13.3. The Balaban J connectivity index is 2.19. The minimum Gasteiger partial charge on any atom is -0.392 e. The molecule has 0 aromatic heterocycles. The number of hydrogen-bond donors (Lipinski definition) is 2. The zero-order valence-corrected chi connectivity index (χ0v) is 26.1. The minimum atomic E-state index is -1.41. The molecule has 0 aliphatic heterocycles. The fraction of sp³-hybridized carbons (Fsp3) is 0.824. The molecule has 1 aromatic rings. The van der Waals surface area contributed by atoms with Gasteiger partial charge in [-0.3, -0.25) is 4.21 Å². The number of aliphatic hydroxyl groups is 2. The van der Waals surface area contributed by atoms with Crippen molar-refractivity contribution in [3.8, 4) is 0 Å². The van der Waals surface area contributed by atoms with Crippen molar-refractivity contribution >= 4 is 10.8 Å². The summed E-state index contributed by atoms with van der Waals surface area (Å²) in [6.45, 7) is 6.43. The summed E-state index contributed by atoms with van der Waals surface area (Å²) in [5, 5.41) is 21.3. The molecular weight excluding hydrogens is 488 g/mol. The third kappa shape index (κ3) is 17.1. The zero-order valence-electron chi connectivity index (χ0n) is 25.3. The lowest BCUT2D eigenvalue weighted by Crippen LogP contribution is -2.41. The normalized spacial score (nSPS) is 14.9. The van der Waals surface area contributed by atoms with Crippen molar-refractivity contribution in [2.24, 2.45) is 0 Å². The van der Waals surface area contributed by atoms with Gasteiger partial charge in [0, 0.05) is 4.90 Å². The van der Waals surface area contributed by atoms with Crippen LogP contribution in [0.25, 0.3) is 0 Å². The van der Waals surface area contributed by atoms with E-state index in [1.807, 2.05) is 31.2 Å². The van der Waals surface area contributed by atoms with Gasteiger partial charge in [-0.15, -0.1) is 0 Å². The molecule has 3 unspecified atom stereocenters. The molecule has 1 rings (SSSR count). The molecule has 0 spiro atoms. The van der Waals surface area contributed by atoms with Crippen molar-refractivity contribution in [3.05, 3.63) is 29.8 Å². The van der Waals surface area contributed by atoms with Crippen LogP contribution in [0.1, 0.15) is 161 Å². The summed E-state index contributed by atoms with van der Waals surface area (Å²) in [6.07, 6.45) is 25.4. The Labute approximate surface area is 239 Å². The van der Waals surface area contributed by atoms with E-state index in [2.05, 4.69) is 13.8 Å². The fourth-order valence-corrected chi connectivity index (χ4v) is 6.94. The first kappa shape index (κ1) is 35.3. The molecule has 0 bridgehead atoms. The van der Waals surface area contributed by atoms with Crippen molar-refractivity contribution < 1.29 is 14.4 Å². The van der Waals surface area contributed by atoms with Crippen LogP contribution in [-0.2, 0) is 10.8 Å². The molecular formula is C34H62O3S. The van der Waals surface area contributed by atoms with Crippen LogP contribution in [0.2, 0.25) is 0 Å². The highest BCUT2D eigenvalue weighted by atomic mass is 32.2. The topological polar surface area (TPSA) is 57.5 Å². The molecule has 0 amide bonds. The lowest BCUT2D eigenvalue weighted by atomic mass is 9.99.